The Morgan fingerprint density at radius 3 is 2.00 bits per heavy atom. The van der Waals surface area contributed by atoms with Gasteiger partial charge in [-0.05, 0) is 44.2 Å². The standard InChI is InChI=1S/C11H22N2/c1-10(2)5-7-13(8-6-10)11(9-12)3-4-11/h3-9,12H2,1-2H3. The van der Waals surface area contributed by atoms with Crippen molar-refractivity contribution in [1.82, 2.24) is 4.90 Å². The molecule has 13 heavy (non-hydrogen) atoms. The SMILES string of the molecule is CC1(C)CCN(C2(CN)CC2)CC1. The van der Waals surface area contributed by atoms with Crippen LogP contribution in [0.3, 0.4) is 0 Å². The third-order valence-corrected chi connectivity index (χ3v) is 3.99. The molecule has 0 atom stereocenters. The molecule has 2 N–H and O–H groups in total. The van der Waals surface area contributed by atoms with Gasteiger partial charge in [-0.2, -0.15) is 0 Å². The number of piperidine rings is 1. The Morgan fingerprint density at radius 2 is 1.62 bits per heavy atom. The zero-order valence-electron chi connectivity index (χ0n) is 8.97. The lowest BCUT2D eigenvalue weighted by Gasteiger charge is -2.41. The molecule has 0 aromatic carbocycles. The summed E-state index contributed by atoms with van der Waals surface area (Å²) in [6.45, 7) is 8.17. The van der Waals surface area contributed by atoms with Crippen LogP contribution in [0.25, 0.3) is 0 Å². The number of hydrogen-bond acceptors (Lipinski definition) is 2. The molecular weight excluding hydrogens is 160 g/mol. The minimum absolute atomic E-state index is 0.441. The van der Waals surface area contributed by atoms with E-state index in [4.69, 9.17) is 5.73 Å². The van der Waals surface area contributed by atoms with E-state index in [1.54, 1.807) is 0 Å². The van der Waals surface area contributed by atoms with Crippen LogP contribution in [0, 0.1) is 5.41 Å². The van der Waals surface area contributed by atoms with E-state index in [1.165, 1.54) is 38.8 Å². The molecule has 2 heteroatoms. The molecule has 1 heterocycles. The summed E-state index contributed by atoms with van der Waals surface area (Å²) in [4.78, 5) is 2.64. The maximum Gasteiger partial charge on any atom is 0.0333 e. The van der Waals surface area contributed by atoms with Crippen molar-refractivity contribution in [3.05, 3.63) is 0 Å². The molecule has 0 aromatic rings. The fraction of sp³-hybridized carbons (Fsp3) is 1.00. The Labute approximate surface area is 81.5 Å². The number of hydrogen-bond donors (Lipinski definition) is 1. The van der Waals surface area contributed by atoms with Gasteiger partial charge in [0.25, 0.3) is 0 Å². The summed E-state index contributed by atoms with van der Waals surface area (Å²) in [7, 11) is 0. The van der Waals surface area contributed by atoms with E-state index in [-0.39, 0.29) is 0 Å². The first kappa shape index (κ1) is 9.47. The van der Waals surface area contributed by atoms with Gasteiger partial charge in [0.15, 0.2) is 0 Å². The quantitative estimate of drug-likeness (QED) is 0.703. The van der Waals surface area contributed by atoms with Gasteiger partial charge in [-0.3, -0.25) is 4.90 Å². The summed E-state index contributed by atoms with van der Waals surface area (Å²) in [6.07, 6.45) is 5.36. The van der Waals surface area contributed by atoms with Crippen LogP contribution in [0.1, 0.15) is 39.5 Å². The minimum atomic E-state index is 0.441. The molecule has 1 aliphatic heterocycles. The van der Waals surface area contributed by atoms with Crippen molar-refractivity contribution in [3.63, 3.8) is 0 Å². The van der Waals surface area contributed by atoms with Crippen molar-refractivity contribution in [2.24, 2.45) is 11.1 Å². The maximum absolute atomic E-state index is 5.83. The van der Waals surface area contributed by atoms with Gasteiger partial charge in [-0.15, -0.1) is 0 Å². The van der Waals surface area contributed by atoms with Crippen LogP contribution < -0.4 is 5.73 Å². The highest BCUT2D eigenvalue weighted by molar-refractivity contribution is 5.05. The van der Waals surface area contributed by atoms with Gasteiger partial charge in [-0.1, -0.05) is 13.8 Å². The largest absolute Gasteiger partial charge is 0.329 e. The molecule has 0 aromatic heterocycles. The Balaban J connectivity index is 1.91. The minimum Gasteiger partial charge on any atom is -0.329 e. The monoisotopic (exact) mass is 182 g/mol. The van der Waals surface area contributed by atoms with Crippen molar-refractivity contribution < 1.29 is 0 Å². The highest BCUT2D eigenvalue weighted by atomic mass is 15.2. The predicted molar refractivity (Wildman–Crippen MR) is 55.6 cm³/mol. The molecule has 1 aliphatic carbocycles. The van der Waals surface area contributed by atoms with Gasteiger partial charge in [0, 0.05) is 12.1 Å². The Hall–Kier alpha value is -0.0800. The van der Waals surface area contributed by atoms with Crippen molar-refractivity contribution in [1.29, 1.82) is 0 Å². The van der Waals surface area contributed by atoms with E-state index in [1.807, 2.05) is 0 Å². The van der Waals surface area contributed by atoms with Crippen molar-refractivity contribution in [2.75, 3.05) is 19.6 Å². The first-order chi connectivity index (χ1) is 6.08. The summed E-state index contributed by atoms with van der Waals surface area (Å²) in [5, 5.41) is 0. The van der Waals surface area contributed by atoms with Crippen molar-refractivity contribution >= 4 is 0 Å². The third-order valence-electron chi connectivity index (χ3n) is 3.99. The normalized spacial score (nSPS) is 31.6. The molecule has 0 bridgehead atoms. The van der Waals surface area contributed by atoms with Crippen LogP contribution in [0.5, 0.6) is 0 Å². The first-order valence-electron chi connectivity index (χ1n) is 5.53. The van der Waals surface area contributed by atoms with E-state index in [2.05, 4.69) is 18.7 Å². The van der Waals surface area contributed by atoms with Gasteiger partial charge < -0.3 is 5.73 Å². The van der Waals surface area contributed by atoms with Crippen LogP contribution in [0.15, 0.2) is 0 Å². The molecule has 2 fully saturated rings. The van der Waals surface area contributed by atoms with Gasteiger partial charge >= 0.3 is 0 Å². The lowest BCUT2D eigenvalue weighted by Crippen LogP contribution is -2.48. The molecule has 2 aliphatic rings. The Bertz CT molecular complexity index is 184. The van der Waals surface area contributed by atoms with Crippen molar-refractivity contribution in [2.45, 2.75) is 45.1 Å². The second-order valence-electron chi connectivity index (χ2n) is 5.58. The number of likely N-dealkylation sites (tertiary alicyclic amines) is 1. The zero-order chi connectivity index (χ0) is 9.53. The van der Waals surface area contributed by atoms with E-state index in [0.29, 0.717) is 11.0 Å². The average molecular weight is 182 g/mol. The van der Waals surface area contributed by atoms with Gasteiger partial charge in [-0.25, -0.2) is 0 Å². The van der Waals surface area contributed by atoms with E-state index in [0.717, 1.165) is 6.54 Å². The van der Waals surface area contributed by atoms with Gasteiger partial charge in [0.1, 0.15) is 0 Å². The van der Waals surface area contributed by atoms with E-state index in [9.17, 15) is 0 Å². The highest BCUT2D eigenvalue weighted by Gasteiger charge is 2.47. The van der Waals surface area contributed by atoms with Crippen LogP contribution in [-0.2, 0) is 0 Å². The molecular formula is C11H22N2. The lowest BCUT2D eigenvalue weighted by atomic mass is 9.82. The van der Waals surface area contributed by atoms with Gasteiger partial charge in [0.2, 0.25) is 0 Å². The summed E-state index contributed by atoms with van der Waals surface area (Å²) >= 11 is 0. The molecule has 2 rings (SSSR count). The van der Waals surface area contributed by atoms with E-state index >= 15 is 0 Å². The first-order valence-corrected chi connectivity index (χ1v) is 5.53. The highest BCUT2D eigenvalue weighted by Crippen LogP contribution is 2.44. The summed E-state index contributed by atoms with van der Waals surface area (Å²) in [6, 6.07) is 0. The van der Waals surface area contributed by atoms with Crippen LogP contribution in [0.4, 0.5) is 0 Å². The molecule has 0 radical (unpaired) electrons. The number of nitrogens with zero attached hydrogens (tertiary/aromatic N) is 1. The molecule has 2 nitrogen and oxygen atoms in total. The van der Waals surface area contributed by atoms with Crippen LogP contribution in [0.2, 0.25) is 0 Å². The smallest absolute Gasteiger partial charge is 0.0333 e. The van der Waals surface area contributed by atoms with Crippen molar-refractivity contribution in [3.8, 4) is 0 Å². The second-order valence-corrected chi connectivity index (χ2v) is 5.58. The Kier molecular flexibility index (Phi) is 2.16. The molecule has 1 saturated carbocycles. The molecule has 0 amide bonds. The number of nitrogens with two attached hydrogens (primary N) is 1. The number of rotatable bonds is 2. The van der Waals surface area contributed by atoms with E-state index < -0.39 is 0 Å². The summed E-state index contributed by atoms with van der Waals surface area (Å²) in [5.74, 6) is 0. The zero-order valence-corrected chi connectivity index (χ0v) is 8.97. The van der Waals surface area contributed by atoms with Crippen LogP contribution >= 0.6 is 0 Å². The lowest BCUT2D eigenvalue weighted by molar-refractivity contribution is 0.0854. The fourth-order valence-electron chi connectivity index (χ4n) is 2.38. The topological polar surface area (TPSA) is 29.3 Å². The third kappa shape index (κ3) is 1.75. The second kappa shape index (κ2) is 2.96. The average Bonchev–Trinajstić information content (AvgIpc) is 2.85. The molecule has 0 spiro atoms. The van der Waals surface area contributed by atoms with Gasteiger partial charge in [0.05, 0.1) is 0 Å². The molecule has 1 saturated heterocycles. The predicted octanol–water partition coefficient (Wildman–Crippen LogP) is 1.60. The molecule has 76 valence electrons. The maximum atomic E-state index is 5.83. The molecule has 0 unspecified atom stereocenters. The van der Waals surface area contributed by atoms with Crippen LogP contribution in [-0.4, -0.2) is 30.1 Å². The summed E-state index contributed by atoms with van der Waals surface area (Å²) < 4.78 is 0. The summed E-state index contributed by atoms with van der Waals surface area (Å²) in [5.41, 5.74) is 6.84. The fourth-order valence-corrected chi connectivity index (χ4v) is 2.38. The Morgan fingerprint density at radius 1 is 1.08 bits per heavy atom.